The Morgan fingerprint density at radius 2 is 1.46 bits per heavy atom. The number of rotatable bonds is 5. The van der Waals surface area contributed by atoms with E-state index in [1.807, 2.05) is 0 Å². The second kappa shape index (κ2) is 6.94. The second-order valence-electron chi connectivity index (χ2n) is 5.30. The van der Waals surface area contributed by atoms with Gasteiger partial charge in [-0.05, 0) is 49.2 Å². The Balaban J connectivity index is 2.93. The van der Waals surface area contributed by atoms with E-state index >= 15 is 0 Å². The molecule has 3 N–H and O–H groups in total. The fourth-order valence-corrected chi connectivity index (χ4v) is 3.57. The maximum atomic E-state index is 11.8. The molecule has 0 heterocycles. The van der Waals surface area contributed by atoms with Gasteiger partial charge >= 0.3 is 11.9 Å². The highest BCUT2D eigenvalue weighted by molar-refractivity contribution is 7.86. The van der Waals surface area contributed by atoms with Crippen LogP contribution in [0.3, 0.4) is 0 Å². The highest BCUT2D eigenvalue weighted by Gasteiger charge is 2.33. The van der Waals surface area contributed by atoms with Crippen LogP contribution in [0.4, 0.5) is 0 Å². The molecule has 0 amide bonds. The molecule has 26 heavy (non-hydrogen) atoms. The SMILES string of the molecule is Cc1c(C(=O)O)c(C)c(S(=O)(=O)O)c(Oc2ccc(Cl)cc2)c1C(=O)O. The molecule has 0 atom stereocenters. The molecule has 0 aliphatic heterocycles. The van der Waals surface area contributed by atoms with Crippen molar-refractivity contribution in [1.29, 1.82) is 0 Å². The van der Waals surface area contributed by atoms with Crippen LogP contribution in [0.1, 0.15) is 31.8 Å². The number of carboxylic acids is 2. The fraction of sp³-hybridized carbons (Fsp3) is 0.125. The van der Waals surface area contributed by atoms with Crippen molar-refractivity contribution < 1.29 is 37.5 Å². The summed E-state index contributed by atoms with van der Waals surface area (Å²) in [6.45, 7) is 2.35. The molecule has 0 saturated carbocycles. The zero-order valence-corrected chi connectivity index (χ0v) is 15.1. The summed E-state index contributed by atoms with van der Waals surface area (Å²) in [7, 11) is -5.00. The molecule has 2 aromatic carbocycles. The van der Waals surface area contributed by atoms with Crippen molar-refractivity contribution >= 4 is 33.7 Å². The van der Waals surface area contributed by atoms with Gasteiger partial charge in [0, 0.05) is 5.02 Å². The quantitative estimate of drug-likeness (QED) is 0.649. The van der Waals surface area contributed by atoms with Crippen LogP contribution in [0.25, 0.3) is 0 Å². The molecule has 0 unspecified atom stereocenters. The van der Waals surface area contributed by atoms with Crippen LogP contribution in [-0.4, -0.2) is 35.1 Å². The fourth-order valence-electron chi connectivity index (χ4n) is 2.58. The molecule has 0 aliphatic rings. The Morgan fingerprint density at radius 1 is 0.962 bits per heavy atom. The van der Waals surface area contributed by atoms with Crippen LogP contribution in [-0.2, 0) is 10.1 Å². The molecule has 0 radical (unpaired) electrons. The molecular weight excluding hydrogens is 388 g/mol. The number of carbonyl (C=O) groups is 2. The lowest BCUT2D eigenvalue weighted by molar-refractivity contribution is 0.0692. The van der Waals surface area contributed by atoms with Crippen LogP contribution in [0, 0.1) is 13.8 Å². The van der Waals surface area contributed by atoms with Crippen molar-refractivity contribution in [2.24, 2.45) is 0 Å². The van der Waals surface area contributed by atoms with Gasteiger partial charge in [0.25, 0.3) is 10.1 Å². The van der Waals surface area contributed by atoms with E-state index in [4.69, 9.17) is 16.3 Å². The van der Waals surface area contributed by atoms with E-state index in [-0.39, 0.29) is 16.9 Å². The minimum atomic E-state index is -5.00. The van der Waals surface area contributed by atoms with Gasteiger partial charge < -0.3 is 14.9 Å². The van der Waals surface area contributed by atoms with Gasteiger partial charge in [0.05, 0.1) is 5.56 Å². The van der Waals surface area contributed by atoms with Crippen LogP contribution in [0.15, 0.2) is 29.2 Å². The number of halogens is 1. The van der Waals surface area contributed by atoms with Crippen LogP contribution in [0.5, 0.6) is 11.5 Å². The summed E-state index contributed by atoms with van der Waals surface area (Å²) in [6.07, 6.45) is 0. The molecule has 0 bridgehead atoms. The Bertz CT molecular complexity index is 1010. The average molecular weight is 401 g/mol. The summed E-state index contributed by atoms with van der Waals surface area (Å²) >= 11 is 5.76. The Hall–Kier alpha value is -2.62. The standard InChI is InChI=1S/C16H13ClO8S/c1-7-11(15(18)19)8(2)14(26(22,23)24)13(12(7)16(20)21)25-10-5-3-9(17)4-6-10/h3-6H,1-2H3,(H,18,19)(H,20,21)(H,22,23,24). The van der Waals surface area contributed by atoms with Gasteiger partial charge in [-0.15, -0.1) is 0 Å². The topological polar surface area (TPSA) is 138 Å². The molecule has 0 fully saturated rings. The smallest absolute Gasteiger partial charge is 0.339 e. The molecule has 2 aromatic rings. The summed E-state index contributed by atoms with van der Waals surface area (Å²) in [5.74, 6) is -3.78. The highest BCUT2D eigenvalue weighted by Crippen LogP contribution is 2.39. The van der Waals surface area contributed by atoms with Crippen molar-refractivity contribution in [3.63, 3.8) is 0 Å². The van der Waals surface area contributed by atoms with Gasteiger partial charge in [-0.25, -0.2) is 9.59 Å². The van der Waals surface area contributed by atoms with Gasteiger partial charge in [0.2, 0.25) is 0 Å². The third kappa shape index (κ3) is 3.64. The minimum Gasteiger partial charge on any atom is -0.478 e. The van der Waals surface area contributed by atoms with Crippen molar-refractivity contribution in [2.45, 2.75) is 18.7 Å². The second-order valence-corrected chi connectivity index (χ2v) is 7.09. The molecule has 0 aliphatic carbocycles. The number of hydrogen-bond acceptors (Lipinski definition) is 5. The number of aromatic carboxylic acids is 2. The third-order valence-corrected chi connectivity index (χ3v) is 4.88. The largest absolute Gasteiger partial charge is 0.478 e. The van der Waals surface area contributed by atoms with Crippen molar-refractivity contribution in [2.75, 3.05) is 0 Å². The molecule has 0 aromatic heterocycles. The maximum Gasteiger partial charge on any atom is 0.339 e. The molecule has 0 saturated heterocycles. The monoisotopic (exact) mass is 400 g/mol. The number of benzene rings is 2. The molecule has 0 spiro atoms. The van der Waals surface area contributed by atoms with E-state index in [2.05, 4.69) is 0 Å². The maximum absolute atomic E-state index is 11.8. The van der Waals surface area contributed by atoms with Crippen LogP contribution in [0.2, 0.25) is 5.02 Å². The summed E-state index contributed by atoms with van der Waals surface area (Å²) in [6, 6.07) is 5.57. The highest BCUT2D eigenvalue weighted by atomic mass is 35.5. The molecule has 138 valence electrons. The summed E-state index contributed by atoms with van der Waals surface area (Å²) in [4.78, 5) is 22.2. The molecule has 8 nitrogen and oxygen atoms in total. The van der Waals surface area contributed by atoms with Gasteiger partial charge in [0.15, 0.2) is 5.75 Å². The minimum absolute atomic E-state index is 0.0451. The third-order valence-electron chi connectivity index (χ3n) is 3.62. The normalized spacial score (nSPS) is 11.2. The Kier molecular flexibility index (Phi) is 5.26. The zero-order valence-electron chi connectivity index (χ0n) is 13.5. The number of ether oxygens (including phenoxy) is 1. The number of hydrogen-bond donors (Lipinski definition) is 3. The first kappa shape index (κ1) is 19.7. The van der Waals surface area contributed by atoms with Crippen molar-refractivity contribution in [3.8, 4) is 11.5 Å². The first-order valence-electron chi connectivity index (χ1n) is 6.99. The van der Waals surface area contributed by atoms with Crippen LogP contribution < -0.4 is 4.74 Å². The van der Waals surface area contributed by atoms with Crippen LogP contribution >= 0.6 is 11.6 Å². The first-order valence-corrected chi connectivity index (χ1v) is 8.81. The van der Waals surface area contributed by atoms with Crippen molar-refractivity contribution in [1.82, 2.24) is 0 Å². The summed E-state index contributed by atoms with van der Waals surface area (Å²) in [5, 5.41) is 19.2. The van der Waals surface area contributed by atoms with E-state index in [0.717, 1.165) is 6.92 Å². The van der Waals surface area contributed by atoms with E-state index < -0.39 is 43.8 Å². The lowest BCUT2D eigenvalue weighted by atomic mass is 9.96. The molecule has 2 rings (SSSR count). The Morgan fingerprint density at radius 3 is 1.88 bits per heavy atom. The predicted molar refractivity (Wildman–Crippen MR) is 91.2 cm³/mol. The van der Waals surface area contributed by atoms with Gasteiger partial charge in [-0.1, -0.05) is 11.6 Å². The van der Waals surface area contributed by atoms with E-state index in [1.54, 1.807) is 0 Å². The predicted octanol–water partition coefficient (Wildman–Crippen LogP) is 3.39. The van der Waals surface area contributed by atoms with Gasteiger partial charge in [-0.3, -0.25) is 4.55 Å². The Labute approximate surface area is 153 Å². The lowest BCUT2D eigenvalue weighted by Crippen LogP contribution is -2.16. The number of carboxylic acid groups (broad SMARTS) is 2. The van der Waals surface area contributed by atoms with Gasteiger partial charge in [-0.2, -0.15) is 8.42 Å². The average Bonchev–Trinajstić information content (AvgIpc) is 2.47. The summed E-state index contributed by atoms with van der Waals surface area (Å²) < 4.78 is 38.7. The summed E-state index contributed by atoms with van der Waals surface area (Å²) in [5.41, 5.74) is -1.78. The lowest BCUT2D eigenvalue weighted by Gasteiger charge is -2.19. The first-order chi connectivity index (χ1) is 11.9. The van der Waals surface area contributed by atoms with E-state index in [9.17, 15) is 32.8 Å². The van der Waals surface area contributed by atoms with E-state index in [0.29, 0.717) is 5.02 Å². The van der Waals surface area contributed by atoms with Crippen molar-refractivity contribution in [3.05, 3.63) is 51.5 Å². The van der Waals surface area contributed by atoms with Gasteiger partial charge in [0.1, 0.15) is 16.2 Å². The zero-order chi connectivity index (χ0) is 19.8. The molecule has 10 heteroatoms. The van der Waals surface area contributed by atoms with E-state index in [1.165, 1.54) is 31.2 Å². The molecular formula is C16H13ClO8S.